The average Bonchev–Trinajstić information content (AvgIpc) is 2.38. The molecule has 0 aromatic carbocycles. The van der Waals surface area contributed by atoms with Crippen LogP contribution in [0.1, 0.15) is 51.4 Å². The zero-order valence-corrected chi connectivity index (χ0v) is 12.5. The lowest BCUT2D eigenvalue weighted by Gasteiger charge is -2.61. The molecule has 5 aliphatic rings. The number of piperidine rings is 1. The normalized spacial score (nSPS) is 46.9. The predicted molar refractivity (Wildman–Crippen MR) is 79.1 cm³/mol. The SMILES string of the molecule is CNCC1CCN(C23CC4CC(CC(C4)C2)C3)CC1. The van der Waals surface area contributed by atoms with Crippen molar-refractivity contribution in [1.29, 1.82) is 0 Å². The van der Waals surface area contributed by atoms with E-state index in [1.54, 1.807) is 38.5 Å². The first-order valence-corrected chi connectivity index (χ1v) is 8.67. The fourth-order valence-electron chi connectivity index (χ4n) is 6.35. The number of nitrogens with one attached hydrogen (secondary N) is 1. The lowest BCUT2D eigenvalue weighted by Crippen LogP contribution is -2.61. The van der Waals surface area contributed by atoms with Gasteiger partial charge in [-0.2, -0.15) is 0 Å². The van der Waals surface area contributed by atoms with Crippen LogP contribution >= 0.6 is 0 Å². The maximum absolute atomic E-state index is 3.37. The predicted octanol–water partition coefficient (Wildman–Crippen LogP) is 2.89. The smallest absolute Gasteiger partial charge is 0.0217 e. The molecule has 2 nitrogen and oxygen atoms in total. The van der Waals surface area contributed by atoms with Gasteiger partial charge >= 0.3 is 0 Å². The summed E-state index contributed by atoms with van der Waals surface area (Å²) in [6.45, 7) is 4.01. The van der Waals surface area contributed by atoms with Gasteiger partial charge in [0.1, 0.15) is 0 Å². The Kier molecular flexibility index (Phi) is 3.15. The molecule has 4 aliphatic carbocycles. The van der Waals surface area contributed by atoms with Crippen molar-refractivity contribution in [3.8, 4) is 0 Å². The van der Waals surface area contributed by atoms with Crippen LogP contribution < -0.4 is 5.32 Å². The van der Waals surface area contributed by atoms with Gasteiger partial charge in [0.2, 0.25) is 0 Å². The van der Waals surface area contributed by atoms with Crippen LogP contribution in [0, 0.1) is 23.7 Å². The number of hydrogen-bond acceptors (Lipinski definition) is 2. The number of likely N-dealkylation sites (tertiary alicyclic amines) is 1. The van der Waals surface area contributed by atoms with Gasteiger partial charge in [0.25, 0.3) is 0 Å². The highest BCUT2D eigenvalue weighted by atomic mass is 15.2. The van der Waals surface area contributed by atoms with Crippen LogP contribution in [0.3, 0.4) is 0 Å². The number of hydrogen-bond donors (Lipinski definition) is 1. The molecule has 4 bridgehead atoms. The molecule has 0 amide bonds. The highest BCUT2D eigenvalue weighted by molar-refractivity contribution is 5.07. The summed E-state index contributed by atoms with van der Waals surface area (Å²) in [7, 11) is 2.10. The lowest BCUT2D eigenvalue weighted by atomic mass is 9.52. The topological polar surface area (TPSA) is 15.3 Å². The van der Waals surface area contributed by atoms with Crippen LogP contribution in [0.2, 0.25) is 0 Å². The van der Waals surface area contributed by atoms with Gasteiger partial charge in [-0.15, -0.1) is 0 Å². The number of rotatable bonds is 3. The third kappa shape index (κ3) is 2.15. The van der Waals surface area contributed by atoms with E-state index in [0.29, 0.717) is 5.54 Å². The molecule has 1 aliphatic heterocycles. The van der Waals surface area contributed by atoms with Gasteiger partial charge < -0.3 is 5.32 Å². The van der Waals surface area contributed by atoms with Crippen molar-refractivity contribution >= 4 is 0 Å². The van der Waals surface area contributed by atoms with Crippen LogP contribution in [0.5, 0.6) is 0 Å². The van der Waals surface area contributed by atoms with Crippen LogP contribution in [-0.4, -0.2) is 37.1 Å². The molecule has 1 saturated heterocycles. The molecular weight excluding hydrogens is 232 g/mol. The van der Waals surface area contributed by atoms with Gasteiger partial charge in [-0.05, 0) is 102 Å². The van der Waals surface area contributed by atoms with E-state index in [-0.39, 0.29) is 0 Å². The fourth-order valence-corrected chi connectivity index (χ4v) is 6.35. The van der Waals surface area contributed by atoms with Crippen molar-refractivity contribution in [3.63, 3.8) is 0 Å². The third-order valence-electron chi connectivity index (χ3n) is 6.78. The molecular formula is C17H30N2. The van der Waals surface area contributed by atoms with Crippen molar-refractivity contribution in [3.05, 3.63) is 0 Å². The van der Waals surface area contributed by atoms with E-state index in [1.807, 2.05) is 0 Å². The summed E-state index contributed by atoms with van der Waals surface area (Å²) >= 11 is 0. The summed E-state index contributed by atoms with van der Waals surface area (Å²) in [5.41, 5.74) is 0.666. The Morgan fingerprint density at radius 3 is 1.95 bits per heavy atom. The van der Waals surface area contributed by atoms with Gasteiger partial charge in [0, 0.05) is 5.54 Å². The molecule has 19 heavy (non-hydrogen) atoms. The Morgan fingerprint density at radius 1 is 0.947 bits per heavy atom. The van der Waals surface area contributed by atoms with Gasteiger partial charge in [0.05, 0.1) is 0 Å². The zero-order valence-electron chi connectivity index (χ0n) is 12.5. The summed E-state index contributed by atoms with van der Waals surface area (Å²) in [5, 5.41) is 3.37. The van der Waals surface area contributed by atoms with Crippen molar-refractivity contribution in [2.75, 3.05) is 26.7 Å². The number of nitrogens with zero attached hydrogens (tertiary/aromatic N) is 1. The third-order valence-corrected chi connectivity index (χ3v) is 6.78. The first-order valence-electron chi connectivity index (χ1n) is 8.67. The van der Waals surface area contributed by atoms with Gasteiger partial charge in [-0.25, -0.2) is 0 Å². The van der Waals surface area contributed by atoms with Gasteiger partial charge in [-0.1, -0.05) is 0 Å². The second kappa shape index (κ2) is 4.73. The summed E-state index contributed by atoms with van der Waals surface area (Å²) in [6.07, 6.45) is 12.3. The zero-order chi connectivity index (χ0) is 12.9. The van der Waals surface area contributed by atoms with E-state index in [2.05, 4.69) is 17.3 Å². The highest BCUT2D eigenvalue weighted by Crippen LogP contribution is 2.58. The molecule has 5 fully saturated rings. The van der Waals surface area contributed by atoms with Crippen LogP contribution in [0.4, 0.5) is 0 Å². The molecule has 4 saturated carbocycles. The van der Waals surface area contributed by atoms with E-state index < -0.39 is 0 Å². The lowest BCUT2D eigenvalue weighted by molar-refractivity contribution is -0.0979. The first kappa shape index (κ1) is 12.6. The molecule has 0 atom stereocenters. The van der Waals surface area contributed by atoms with Crippen LogP contribution in [0.15, 0.2) is 0 Å². The fraction of sp³-hybridized carbons (Fsp3) is 1.00. The molecule has 0 spiro atoms. The van der Waals surface area contributed by atoms with Crippen molar-refractivity contribution < 1.29 is 0 Å². The largest absolute Gasteiger partial charge is 0.319 e. The van der Waals surface area contributed by atoms with Gasteiger partial charge in [0.15, 0.2) is 0 Å². The standard InChI is InChI=1S/C17H30N2/c1-18-12-13-2-4-19(5-3-13)17-9-14-6-15(10-17)8-16(7-14)11-17/h13-16,18H,2-12H2,1H3. The van der Waals surface area contributed by atoms with E-state index in [9.17, 15) is 0 Å². The van der Waals surface area contributed by atoms with Crippen LogP contribution in [-0.2, 0) is 0 Å². The minimum atomic E-state index is 0.666. The Labute approximate surface area is 118 Å². The second-order valence-corrected chi connectivity index (χ2v) is 8.13. The molecule has 108 valence electrons. The minimum Gasteiger partial charge on any atom is -0.319 e. The van der Waals surface area contributed by atoms with Crippen molar-refractivity contribution in [2.24, 2.45) is 23.7 Å². The molecule has 0 aromatic heterocycles. The van der Waals surface area contributed by atoms with E-state index in [0.717, 1.165) is 23.7 Å². The second-order valence-electron chi connectivity index (χ2n) is 8.13. The Balaban J connectivity index is 1.45. The molecule has 0 radical (unpaired) electrons. The molecule has 1 N–H and O–H groups in total. The minimum absolute atomic E-state index is 0.666. The van der Waals surface area contributed by atoms with E-state index in [1.165, 1.54) is 32.5 Å². The first-order chi connectivity index (χ1) is 9.27. The van der Waals surface area contributed by atoms with Crippen molar-refractivity contribution in [1.82, 2.24) is 10.2 Å². The Morgan fingerprint density at radius 2 is 1.47 bits per heavy atom. The summed E-state index contributed by atoms with van der Waals surface area (Å²) in [5.74, 6) is 4.24. The average molecular weight is 262 g/mol. The molecule has 2 heteroatoms. The van der Waals surface area contributed by atoms with Crippen LogP contribution in [0.25, 0.3) is 0 Å². The quantitative estimate of drug-likeness (QED) is 0.841. The van der Waals surface area contributed by atoms with E-state index in [4.69, 9.17) is 0 Å². The Bertz CT molecular complexity index is 295. The molecule has 0 aromatic rings. The summed E-state index contributed by atoms with van der Waals surface area (Å²) < 4.78 is 0. The Hall–Kier alpha value is -0.0800. The maximum Gasteiger partial charge on any atom is 0.0217 e. The van der Waals surface area contributed by atoms with Crippen molar-refractivity contribution in [2.45, 2.75) is 56.9 Å². The summed E-state index contributed by atoms with van der Waals surface area (Å²) in [6, 6.07) is 0. The monoisotopic (exact) mass is 262 g/mol. The molecule has 5 rings (SSSR count). The highest BCUT2D eigenvalue weighted by Gasteiger charge is 2.53. The maximum atomic E-state index is 3.37. The molecule has 0 unspecified atom stereocenters. The van der Waals surface area contributed by atoms with E-state index >= 15 is 0 Å². The van der Waals surface area contributed by atoms with Gasteiger partial charge in [-0.3, -0.25) is 4.90 Å². The molecule has 1 heterocycles. The summed E-state index contributed by atoms with van der Waals surface area (Å²) in [4.78, 5) is 2.95.